The number of rotatable bonds is 4. The van der Waals surface area contributed by atoms with Crippen molar-refractivity contribution in [1.29, 1.82) is 0 Å². The van der Waals surface area contributed by atoms with Gasteiger partial charge in [-0.2, -0.15) is 13.2 Å². The molecule has 1 aromatic rings. The fourth-order valence-corrected chi connectivity index (χ4v) is 4.35. The number of carbonyl (C=O) groups excluding carboxylic acids is 1. The van der Waals surface area contributed by atoms with E-state index in [2.05, 4.69) is 23.7 Å². The van der Waals surface area contributed by atoms with Gasteiger partial charge in [0.25, 0.3) is 5.91 Å². The second kappa shape index (κ2) is 9.49. The zero-order chi connectivity index (χ0) is 22.6. The number of hydrogen-bond donors (Lipinski definition) is 0. The highest BCUT2D eigenvalue weighted by Gasteiger charge is 2.43. The molecule has 0 bridgehead atoms. The molecular weight excluding hydrogens is 409 g/mol. The van der Waals surface area contributed by atoms with Gasteiger partial charge in [0.15, 0.2) is 0 Å². The van der Waals surface area contributed by atoms with Crippen LogP contribution in [0.25, 0.3) is 0 Å². The Morgan fingerprint density at radius 2 is 2.03 bits per heavy atom. The quantitative estimate of drug-likeness (QED) is 0.671. The van der Waals surface area contributed by atoms with Crippen LogP contribution in [0.3, 0.4) is 0 Å². The van der Waals surface area contributed by atoms with Gasteiger partial charge < -0.3 is 14.4 Å². The molecule has 1 aromatic carbocycles. The summed E-state index contributed by atoms with van der Waals surface area (Å²) in [5.74, 6) is 5.35. The zero-order valence-corrected chi connectivity index (χ0v) is 18.2. The summed E-state index contributed by atoms with van der Waals surface area (Å²) in [4.78, 5) is 16.8. The first kappa shape index (κ1) is 23.4. The normalized spacial score (nSPS) is 21.5. The molecule has 8 heteroatoms. The maximum absolute atomic E-state index is 13.3. The highest BCUT2D eigenvalue weighted by atomic mass is 19.4. The molecule has 3 rings (SSSR count). The minimum atomic E-state index is -4.59. The van der Waals surface area contributed by atoms with Crippen LogP contribution < -0.4 is 4.74 Å². The summed E-state index contributed by atoms with van der Waals surface area (Å²) in [5, 5.41) is 0. The molecule has 170 valence electrons. The largest absolute Gasteiger partial charge is 0.496 e. The van der Waals surface area contributed by atoms with Crippen molar-refractivity contribution in [2.24, 2.45) is 0 Å². The van der Waals surface area contributed by atoms with Crippen LogP contribution in [0.1, 0.15) is 49.0 Å². The molecule has 1 spiro atoms. The van der Waals surface area contributed by atoms with Crippen LogP contribution in [0.15, 0.2) is 18.2 Å². The minimum absolute atomic E-state index is 0.0138. The van der Waals surface area contributed by atoms with Crippen LogP contribution in [0.5, 0.6) is 5.75 Å². The Balaban J connectivity index is 1.71. The number of halogens is 3. The van der Waals surface area contributed by atoms with E-state index in [1.165, 1.54) is 19.2 Å². The Kier molecular flexibility index (Phi) is 7.17. The van der Waals surface area contributed by atoms with Gasteiger partial charge in [0.05, 0.1) is 30.9 Å². The van der Waals surface area contributed by atoms with Crippen molar-refractivity contribution in [2.75, 3.05) is 39.8 Å². The number of hydrogen-bond acceptors (Lipinski definition) is 4. The lowest BCUT2D eigenvalue weighted by Gasteiger charge is -2.49. The van der Waals surface area contributed by atoms with E-state index in [0.717, 1.165) is 25.6 Å². The summed E-state index contributed by atoms with van der Waals surface area (Å²) in [5.41, 5.74) is -1.27. The van der Waals surface area contributed by atoms with Crippen molar-refractivity contribution in [3.05, 3.63) is 29.3 Å². The number of morpholine rings is 1. The van der Waals surface area contributed by atoms with Crippen molar-refractivity contribution in [2.45, 2.75) is 51.0 Å². The molecule has 2 aliphatic rings. The molecule has 2 fully saturated rings. The molecule has 1 amide bonds. The van der Waals surface area contributed by atoms with Gasteiger partial charge in [0.1, 0.15) is 5.75 Å². The highest BCUT2D eigenvalue weighted by molar-refractivity contribution is 5.94. The van der Waals surface area contributed by atoms with E-state index < -0.39 is 17.6 Å². The van der Waals surface area contributed by atoms with Crippen LogP contribution >= 0.6 is 0 Å². The average Bonchev–Trinajstić information content (AvgIpc) is 2.76. The maximum Gasteiger partial charge on any atom is 0.419 e. The van der Waals surface area contributed by atoms with Gasteiger partial charge in [-0.3, -0.25) is 9.69 Å². The van der Waals surface area contributed by atoms with E-state index in [-0.39, 0.29) is 23.0 Å². The Morgan fingerprint density at radius 1 is 1.32 bits per heavy atom. The topological polar surface area (TPSA) is 42.0 Å². The molecule has 0 radical (unpaired) electrons. The monoisotopic (exact) mass is 438 g/mol. The molecule has 0 aromatic heterocycles. The third-order valence-electron chi connectivity index (χ3n) is 6.04. The van der Waals surface area contributed by atoms with E-state index >= 15 is 0 Å². The number of alkyl halides is 3. The summed E-state index contributed by atoms with van der Waals surface area (Å²) >= 11 is 0. The molecule has 0 N–H and O–H groups in total. The third kappa shape index (κ3) is 5.34. The smallest absolute Gasteiger partial charge is 0.419 e. The zero-order valence-electron chi connectivity index (χ0n) is 18.2. The third-order valence-corrected chi connectivity index (χ3v) is 6.04. The van der Waals surface area contributed by atoms with Gasteiger partial charge in [0.2, 0.25) is 0 Å². The first-order valence-electron chi connectivity index (χ1n) is 10.6. The van der Waals surface area contributed by atoms with Crippen LogP contribution in [0.4, 0.5) is 13.2 Å². The molecule has 2 aliphatic heterocycles. The minimum Gasteiger partial charge on any atom is -0.496 e. The van der Waals surface area contributed by atoms with Gasteiger partial charge in [-0.1, -0.05) is 12.8 Å². The molecule has 1 atom stereocenters. The highest BCUT2D eigenvalue weighted by Crippen LogP contribution is 2.38. The van der Waals surface area contributed by atoms with Crippen LogP contribution in [-0.2, 0) is 10.9 Å². The van der Waals surface area contributed by atoms with Crippen LogP contribution in [0, 0.1) is 11.8 Å². The van der Waals surface area contributed by atoms with Gasteiger partial charge in [-0.05, 0) is 44.4 Å². The van der Waals surface area contributed by atoms with E-state index in [4.69, 9.17) is 9.47 Å². The average molecular weight is 438 g/mol. The standard InChI is InChI=1S/C23H29F3N2O3/c1-4-6-11-27-15-18(5-2)31-22(16-27)9-12-28(13-10-22)21(29)17-7-8-20(30-3)19(14-17)23(24,25)26/h7-8,14,18H,5,9-13,15-16H2,1-3H3. The number of nitrogens with zero attached hydrogens (tertiary/aromatic N) is 2. The van der Waals surface area contributed by atoms with Crippen molar-refractivity contribution in [3.8, 4) is 17.6 Å². The summed E-state index contributed by atoms with van der Waals surface area (Å²) < 4.78 is 51.2. The van der Waals surface area contributed by atoms with Gasteiger partial charge >= 0.3 is 6.18 Å². The number of piperidine rings is 1. The van der Waals surface area contributed by atoms with Gasteiger partial charge in [-0.15, -0.1) is 5.92 Å². The maximum atomic E-state index is 13.3. The molecule has 0 aliphatic carbocycles. The van der Waals surface area contributed by atoms with E-state index in [1.807, 2.05) is 6.92 Å². The molecule has 2 saturated heterocycles. The van der Waals surface area contributed by atoms with Crippen LogP contribution in [-0.4, -0.2) is 67.2 Å². The number of ether oxygens (including phenoxy) is 2. The fraction of sp³-hybridized carbons (Fsp3) is 0.609. The number of amides is 1. The second-order valence-corrected chi connectivity index (χ2v) is 8.13. The van der Waals surface area contributed by atoms with Crippen molar-refractivity contribution >= 4 is 5.91 Å². The molecule has 2 heterocycles. The molecular formula is C23H29F3N2O3. The first-order valence-corrected chi connectivity index (χ1v) is 10.6. The Hall–Kier alpha value is -2.24. The Morgan fingerprint density at radius 3 is 2.61 bits per heavy atom. The summed E-state index contributed by atoms with van der Waals surface area (Å²) in [6.45, 7) is 7.07. The lowest BCUT2D eigenvalue weighted by molar-refractivity contribution is -0.171. The summed E-state index contributed by atoms with van der Waals surface area (Å²) in [7, 11) is 1.18. The lowest BCUT2D eigenvalue weighted by atomic mass is 9.88. The summed E-state index contributed by atoms with van der Waals surface area (Å²) in [6, 6.07) is 3.46. The van der Waals surface area contributed by atoms with Crippen molar-refractivity contribution in [1.82, 2.24) is 9.80 Å². The van der Waals surface area contributed by atoms with E-state index in [9.17, 15) is 18.0 Å². The molecule has 1 unspecified atom stereocenters. The Bertz CT molecular complexity index is 852. The number of benzene rings is 1. The molecule has 5 nitrogen and oxygen atoms in total. The van der Waals surface area contributed by atoms with Crippen LogP contribution in [0.2, 0.25) is 0 Å². The van der Waals surface area contributed by atoms with Crippen molar-refractivity contribution < 1.29 is 27.4 Å². The van der Waals surface area contributed by atoms with Gasteiger partial charge in [-0.25, -0.2) is 0 Å². The lowest BCUT2D eigenvalue weighted by Crippen LogP contribution is -2.60. The number of methoxy groups -OCH3 is 1. The summed E-state index contributed by atoms with van der Waals surface area (Å²) in [6.07, 6.45) is -2.29. The Labute approximate surface area is 181 Å². The van der Waals surface area contributed by atoms with E-state index in [1.54, 1.807) is 4.90 Å². The SMILES string of the molecule is CC#CCN1CC(CC)OC2(CCN(C(=O)c3ccc(OC)c(C(F)(F)F)c3)CC2)C1. The predicted molar refractivity (Wildman–Crippen MR) is 111 cm³/mol. The first-order chi connectivity index (χ1) is 14.7. The number of likely N-dealkylation sites (tertiary alicyclic amines) is 1. The van der Waals surface area contributed by atoms with Gasteiger partial charge in [0, 0.05) is 31.7 Å². The fourth-order valence-electron chi connectivity index (χ4n) is 4.35. The second-order valence-electron chi connectivity index (χ2n) is 8.13. The van der Waals surface area contributed by atoms with Crippen molar-refractivity contribution in [3.63, 3.8) is 0 Å². The molecule has 31 heavy (non-hydrogen) atoms. The number of carbonyl (C=O) groups is 1. The molecule has 0 saturated carbocycles. The predicted octanol–water partition coefficient (Wildman–Crippen LogP) is 3.82. The van der Waals surface area contributed by atoms with E-state index in [0.29, 0.717) is 32.5 Å².